The molecule has 0 spiro atoms. The Morgan fingerprint density at radius 3 is 2.75 bits per heavy atom. The van der Waals surface area contributed by atoms with Gasteiger partial charge in [-0.3, -0.25) is 4.90 Å². The molecule has 2 N–H and O–H groups in total. The number of ether oxygens (including phenoxy) is 1. The minimum Gasteiger partial charge on any atom is -0.496 e. The summed E-state index contributed by atoms with van der Waals surface area (Å²) >= 11 is 11.2. The van der Waals surface area contributed by atoms with E-state index in [1.165, 1.54) is 25.7 Å². The summed E-state index contributed by atoms with van der Waals surface area (Å²) in [6, 6.07) is 6.27. The van der Waals surface area contributed by atoms with Gasteiger partial charge >= 0.3 is 0 Å². The van der Waals surface area contributed by atoms with Crippen molar-refractivity contribution in [3.63, 3.8) is 0 Å². The van der Waals surface area contributed by atoms with Crippen LogP contribution in [0.4, 0.5) is 0 Å². The zero-order valence-electron chi connectivity index (χ0n) is 11.8. The van der Waals surface area contributed by atoms with Gasteiger partial charge in [0.15, 0.2) is 0 Å². The van der Waals surface area contributed by atoms with Gasteiger partial charge in [0.25, 0.3) is 0 Å². The molecule has 5 heteroatoms. The topological polar surface area (TPSA) is 38.5 Å². The summed E-state index contributed by atoms with van der Waals surface area (Å²) in [5.74, 6) is 0.861. The van der Waals surface area contributed by atoms with E-state index in [1.54, 1.807) is 7.11 Å². The SMILES string of the molecule is COc1ccc(Cl)cc1CN(CC(N)=S)C1CCCC1. The Kier molecular flexibility index (Phi) is 5.64. The van der Waals surface area contributed by atoms with Crippen LogP contribution in [-0.4, -0.2) is 29.6 Å². The number of benzene rings is 1. The molecule has 1 aliphatic rings. The molecule has 2 rings (SSSR count). The van der Waals surface area contributed by atoms with Crippen molar-refractivity contribution < 1.29 is 4.74 Å². The van der Waals surface area contributed by atoms with Crippen LogP contribution in [0.1, 0.15) is 31.2 Å². The third-order valence-corrected chi connectivity index (χ3v) is 4.18. The summed E-state index contributed by atoms with van der Waals surface area (Å²) in [5, 5.41) is 0.725. The highest BCUT2D eigenvalue weighted by atomic mass is 35.5. The molecule has 110 valence electrons. The first-order valence-electron chi connectivity index (χ1n) is 6.95. The van der Waals surface area contributed by atoms with Crippen LogP contribution in [-0.2, 0) is 6.54 Å². The number of nitrogens with two attached hydrogens (primary N) is 1. The average Bonchev–Trinajstić information content (AvgIpc) is 2.91. The molecule has 1 saturated carbocycles. The number of rotatable bonds is 6. The average molecular weight is 313 g/mol. The van der Waals surface area contributed by atoms with Gasteiger partial charge in [0, 0.05) is 29.7 Å². The van der Waals surface area contributed by atoms with Crippen LogP contribution >= 0.6 is 23.8 Å². The highest BCUT2D eigenvalue weighted by molar-refractivity contribution is 7.80. The second kappa shape index (κ2) is 7.25. The zero-order valence-corrected chi connectivity index (χ0v) is 13.3. The minimum atomic E-state index is 0.540. The van der Waals surface area contributed by atoms with E-state index in [4.69, 9.17) is 34.3 Å². The summed E-state index contributed by atoms with van der Waals surface area (Å²) in [5.41, 5.74) is 6.83. The Labute approximate surface area is 131 Å². The Bertz CT molecular complexity index is 475. The van der Waals surface area contributed by atoms with E-state index >= 15 is 0 Å². The lowest BCUT2D eigenvalue weighted by atomic mass is 10.1. The number of hydrogen-bond donors (Lipinski definition) is 1. The molecular weight excluding hydrogens is 292 g/mol. The Hall–Kier alpha value is -0.840. The van der Waals surface area contributed by atoms with Gasteiger partial charge in [0.2, 0.25) is 0 Å². The van der Waals surface area contributed by atoms with Crippen LogP contribution in [0.5, 0.6) is 5.75 Å². The third kappa shape index (κ3) is 4.08. The lowest BCUT2D eigenvalue weighted by Gasteiger charge is -2.29. The molecule has 0 aliphatic heterocycles. The van der Waals surface area contributed by atoms with Gasteiger partial charge < -0.3 is 10.5 Å². The summed E-state index contributed by atoms with van der Waals surface area (Å²) < 4.78 is 5.42. The van der Waals surface area contributed by atoms with Gasteiger partial charge in [-0.2, -0.15) is 0 Å². The number of halogens is 1. The van der Waals surface area contributed by atoms with Crippen molar-refractivity contribution in [2.24, 2.45) is 5.73 Å². The monoisotopic (exact) mass is 312 g/mol. The van der Waals surface area contributed by atoms with Gasteiger partial charge in [-0.05, 0) is 31.0 Å². The van der Waals surface area contributed by atoms with Crippen LogP contribution in [0.2, 0.25) is 5.02 Å². The molecule has 1 aromatic rings. The fourth-order valence-corrected chi connectivity index (χ4v) is 3.23. The second-order valence-electron chi connectivity index (χ2n) is 5.27. The predicted octanol–water partition coefficient (Wildman–Crippen LogP) is 3.38. The molecule has 0 radical (unpaired) electrons. The smallest absolute Gasteiger partial charge is 0.123 e. The summed E-state index contributed by atoms with van der Waals surface area (Å²) in [7, 11) is 1.68. The maximum atomic E-state index is 6.10. The summed E-state index contributed by atoms with van der Waals surface area (Å²) in [6.07, 6.45) is 4.99. The molecule has 1 aromatic carbocycles. The number of hydrogen-bond acceptors (Lipinski definition) is 3. The zero-order chi connectivity index (χ0) is 14.5. The fourth-order valence-electron chi connectivity index (χ4n) is 2.87. The minimum absolute atomic E-state index is 0.540. The third-order valence-electron chi connectivity index (χ3n) is 3.82. The van der Waals surface area contributed by atoms with E-state index in [2.05, 4.69) is 4.90 Å². The first kappa shape index (κ1) is 15.5. The van der Waals surface area contributed by atoms with Gasteiger partial charge in [-0.25, -0.2) is 0 Å². The highest BCUT2D eigenvalue weighted by Crippen LogP contribution is 2.28. The standard InChI is InChI=1S/C15H21ClN2OS/c1-19-14-7-6-12(16)8-11(14)9-18(10-15(17)20)13-4-2-3-5-13/h6-8,13H,2-5,9-10H2,1H3,(H2,17,20). The second-order valence-corrected chi connectivity index (χ2v) is 6.23. The van der Waals surface area contributed by atoms with Gasteiger partial charge in [0.1, 0.15) is 5.75 Å². The Morgan fingerprint density at radius 1 is 1.45 bits per heavy atom. The molecule has 0 saturated heterocycles. The van der Waals surface area contributed by atoms with Crippen LogP contribution in [0, 0.1) is 0 Å². The summed E-state index contributed by atoms with van der Waals surface area (Å²) in [4.78, 5) is 2.89. The number of thiocarbonyl (C=S) groups is 1. The Balaban J connectivity index is 2.17. The van der Waals surface area contributed by atoms with E-state index in [0.717, 1.165) is 22.9 Å². The molecule has 0 unspecified atom stereocenters. The summed E-state index contributed by atoms with van der Waals surface area (Å²) in [6.45, 7) is 1.42. The highest BCUT2D eigenvalue weighted by Gasteiger charge is 2.24. The van der Waals surface area contributed by atoms with Crippen molar-refractivity contribution in [3.05, 3.63) is 28.8 Å². The normalized spacial score (nSPS) is 15.8. The van der Waals surface area contributed by atoms with Crippen molar-refractivity contribution in [1.82, 2.24) is 4.90 Å². The first-order chi connectivity index (χ1) is 9.60. The van der Waals surface area contributed by atoms with Crippen LogP contribution in [0.15, 0.2) is 18.2 Å². The van der Waals surface area contributed by atoms with Gasteiger partial charge in [-0.15, -0.1) is 0 Å². The van der Waals surface area contributed by atoms with E-state index in [9.17, 15) is 0 Å². The maximum Gasteiger partial charge on any atom is 0.123 e. The Morgan fingerprint density at radius 2 is 2.15 bits per heavy atom. The predicted molar refractivity (Wildman–Crippen MR) is 87.5 cm³/mol. The van der Waals surface area contributed by atoms with E-state index in [0.29, 0.717) is 17.6 Å². The quantitative estimate of drug-likeness (QED) is 0.817. The molecule has 1 aliphatic carbocycles. The molecule has 0 aromatic heterocycles. The molecule has 0 heterocycles. The number of methoxy groups -OCH3 is 1. The van der Waals surface area contributed by atoms with Gasteiger partial charge in [0.05, 0.1) is 12.1 Å². The maximum absolute atomic E-state index is 6.10. The van der Waals surface area contributed by atoms with Crippen LogP contribution < -0.4 is 10.5 Å². The molecule has 1 fully saturated rings. The molecule has 0 amide bonds. The van der Waals surface area contributed by atoms with Crippen molar-refractivity contribution in [2.75, 3.05) is 13.7 Å². The van der Waals surface area contributed by atoms with E-state index < -0.39 is 0 Å². The van der Waals surface area contributed by atoms with Crippen LogP contribution in [0.25, 0.3) is 0 Å². The lowest BCUT2D eigenvalue weighted by molar-refractivity contribution is 0.216. The molecule has 0 atom stereocenters. The van der Waals surface area contributed by atoms with Crippen molar-refractivity contribution in [3.8, 4) is 5.75 Å². The molecule has 3 nitrogen and oxygen atoms in total. The van der Waals surface area contributed by atoms with Crippen molar-refractivity contribution >= 4 is 28.8 Å². The van der Waals surface area contributed by atoms with Gasteiger partial charge in [-0.1, -0.05) is 36.7 Å². The molecular formula is C15H21ClN2OS. The van der Waals surface area contributed by atoms with E-state index in [1.807, 2.05) is 18.2 Å². The fraction of sp³-hybridized carbons (Fsp3) is 0.533. The number of nitrogens with zero attached hydrogens (tertiary/aromatic N) is 1. The van der Waals surface area contributed by atoms with Crippen LogP contribution in [0.3, 0.4) is 0 Å². The largest absolute Gasteiger partial charge is 0.496 e. The van der Waals surface area contributed by atoms with Crippen molar-refractivity contribution in [2.45, 2.75) is 38.3 Å². The van der Waals surface area contributed by atoms with E-state index in [-0.39, 0.29) is 0 Å². The molecule has 20 heavy (non-hydrogen) atoms. The first-order valence-corrected chi connectivity index (χ1v) is 7.73. The molecule has 0 bridgehead atoms. The van der Waals surface area contributed by atoms with Crippen molar-refractivity contribution in [1.29, 1.82) is 0 Å². The lowest BCUT2D eigenvalue weighted by Crippen LogP contribution is -2.38.